The molecule has 2 N–H and O–H groups in total. The number of nitrogens with zero attached hydrogens (tertiary/aromatic N) is 3. The Labute approximate surface area is 164 Å². The Kier molecular flexibility index (Phi) is 4.43. The molecule has 3 heterocycles. The number of aliphatic hydroxyl groups is 1. The maximum atomic E-state index is 11.9. The first-order chi connectivity index (χ1) is 13.5. The number of aromatic carboxylic acids is 1. The SMILES string of the molecule is Cn1c(C(O)c2ccc(-c3ccsc3C#N)cc2)c(C(=O)O)c2cccnc21. The molecule has 4 aromatic rings. The molecular formula is C21H15N3O3S. The van der Waals surface area contributed by atoms with Gasteiger partial charge in [0.15, 0.2) is 0 Å². The molecular weight excluding hydrogens is 374 g/mol. The summed E-state index contributed by atoms with van der Waals surface area (Å²) in [6.07, 6.45) is 0.462. The lowest BCUT2D eigenvalue weighted by Crippen LogP contribution is -2.11. The molecule has 1 aromatic carbocycles. The molecule has 0 aliphatic carbocycles. The number of hydrogen-bond donors (Lipinski definition) is 2. The van der Waals surface area contributed by atoms with Crippen LogP contribution in [0.4, 0.5) is 0 Å². The largest absolute Gasteiger partial charge is 0.478 e. The number of rotatable bonds is 4. The van der Waals surface area contributed by atoms with Crippen LogP contribution in [0.15, 0.2) is 54.0 Å². The molecule has 1 atom stereocenters. The molecule has 28 heavy (non-hydrogen) atoms. The van der Waals surface area contributed by atoms with Crippen molar-refractivity contribution in [3.05, 3.63) is 75.7 Å². The Morgan fingerprint density at radius 3 is 2.68 bits per heavy atom. The molecule has 0 aliphatic rings. The number of carbonyl (C=O) groups is 1. The molecule has 0 spiro atoms. The normalized spacial score (nSPS) is 12.0. The van der Waals surface area contributed by atoms with E-state index in [1.807, 2.05) is 23.6 Å². The predicted octanol–water partition coefficient (Wildman–Crippen LogP) is 3.95. The molecule has 0 radical (unpaired) electrons. The fourth-order valence-corrected chi connectivity index (χ4v) is 4.16. The first-order valence-corrected chi connectivity index (χ1v) is 9.33. The molecule has 4 rings (SSSR count). The molecule has 6 nitrogen and oxygen atoms in total. The van der Waals surface area contributed by atoms with Gasteiger partial charge in [-0.25, -0.2) is 9.78 Å². The van der Waals surface area contributed by atoms with Gasteiger partial charge in [0.25, 0.3) is 0 Å². The van der Waals surface area contributed by atoms with E-state index in [-0.39, 0.29) is 11.3 Å². The number of fused-ring (bicyclic) bond motifs is 1. The van der Waals surface area contributed by atoms with Crippen LogP contribution in [0.2, 0.25) is 0 Å². The van der Waals surface area contributed by atoms with Gasteiger partial charge in [0, 0.05) is 24.2 Å². The van der Waals surface area contributed by atoms with Crippen LogP contribution in [0.1, 0.15) is 32.6 Å². The second kappa shape index (κ2) is 6.93. The average Bonchev–Trinajstić information content (AvgIpc) is 3.30. The molecule has 0 aliphatic heterocycles. The lowest BCUT2D eigenvalue weighted by molar-refractivity contribution is 0.0692. The third kappa shape index (κ3) is 2.76. The maximum Gasteiger partial charge on any atom is 0.338 e. The topological polar surface area (TPSA) is 99.1 Å². The zero-order valence-corrected chi connectivity index (χ0v) is 15.6. The van der Waals surface area contributed by atoms with Crippen LogP contribution in [0.5, 0.6) is 0 Å². The summed E-state index contributed by atoms with van der Waals surface area (Å²) >= 11 is 1.38. The van der Waals surface area contributed by atoms with Crippen molar-refractivity contribution in [3.63, 3.8) is 0 Å². The van der Waals surface area contributed by atoms with E-state index < -0.39 is 12.1 Å². The highest BCUT2D eigenvalue weighted by molar-refractivity contribution is 7.11. The van der Waals surface area contributed by atoms with Crippen LogP contribution < -0.4 is 0 Å². The molecule has 0 saturated carbocycles. The molecule has 7 heteroatoms. The standard InChI is InChI=1S/C21H15N3O3S/c1-24-18(17(21(26)27)15-3-2-9-23-20(15)24)19(25)13-6-4-12(5-7-13)14-8-10-28-16(14)11-22/h2-10,19,25H,1H3,(H,26,27). The van der Waals surface area contributed by atoms with Crippen molar-refractivity contribution in [3.8, 4) is 17.2 Å². The minimum absolute atomic E-state index is 0.0479. The molecule has 0 fully saturated rings. The van der Waals surface area contributed by atoms with E-state index in [1.165, 1.54) is 11.3 Å². The first kappa shape index (κ1) is 17.9. The number of benzene rings is 1. The van der Waals surface area contributed by atoms with Crippen molar-refractivity contribution in [1.82, 2.24) is 9.55 Å². The number of aryl methyl sites for hydroxylation is 1. The molecule has 138 valence electrons. The van der Waals surface area contributed by atoms with E-state index in [4.69, 9.17) is 0 Å². The van der Waals surface area contributed by atoms with E-state index >= 15 is 0 Å². The van der Waals surface area contributed by atoms with Gasteiger partial charge < -0.3 is 14.8 Å². The van der Waals surface area contributed by atoms with E-state index in [2.05, 4.69) is 11.1 Å². The minimum Gasteiger partial charge on any atom is -0.478 e. The zero-order chi connectivity index (χ0) is 19.8. The van der Waals surface area contributed by atoms with Crippen LogP contribution in [-0.2, 0) is 7.05 Å². The number of carboxylic acid groups (broad SMARTS) is 1. The fourth-order valence-electron chi connectivity index (χ4n) is 3.45. The third-order valence-electron chi connectivity index (χ3n) is 4.77. The van der Waals surface area contributed by atoms with Gasteiger partial charge in [-0.2, -0.15) is 5.26 Å². The van der Waals surface area contributed by atoms with Crippen LogP contribution in [0.3, 0.4) is 0 Å². The fraction of sp³-hybridized carbons (Fsp3) is 0.0952. The Bertz CT molecular complexity index is 1230. The Morgan fingerprint density at radius 2 is 2.00 bits per heavy atom. The summed E-state index contributed by atoms with van der Waals surface area (Å²) in [5, 5.41) is 32.2. The van der Waals surface area contributed by atoms with Crippen LogP contribution in [0, 0.1) is 11.3 Å². The number of thiophene rings is 1. The predicted molar refractivity (Wildman–Crippen MR) is 106 cm³/mol. The molecule has 0 amide bonds. The molecule has 0 saturated heterocycles. The monoisotopic (exact) mass is 389 g/mol. The first-order valence-electron chi connectivity index (χ1n) is 8.45. The van der Waals surface area contributed by atoms with Gasteiger partial charge in [0.1, 0.15) is 22.7 Å². The summed E-state index contributed by atoms with van der Waals surface area (Å²) in [7, 11) is 1.69. The van der Waals surface area contributed by atoms with Crippen molar-refractivity contribution in [2.75, 3.05) is 0 Å². The van der Waals surface area contributed by atoms with Gasteiger partial charge in [0.05, 0.1) is 11.3 Å². The summed E-state index contributed by atoms with van der Waals surface area (Å²) in [5.74, 6) is -1.11. The highest BCUT2D eigenvalue weighted by Gasteiger charge is 2.27. The summed E-state index contributed by atoms with van der Waals surface area (Å²) in [5.41, 5.74) is 3.10. The number of carboxylic acids is 1. The lowest BCUT2D eigenvalue weighted by atomic mass is 9.99. The highest BCUT2D eigenvalue weighted by atomic mass is 32.1. The third-order valence-corrected chi connectivity index (χ3v) is 5.59. The quantitative estimate of drug-likeness (QED) is 0.550. The van der Waals surface area contributed by atoms with Gasteiger partial charge in [-0.05, 0) is 34.7 Å². The van der Waals surface area contributed by atoms with Gasteiger partial charge in [0.2, 0.25) is 0 Å². The summed E-state index contributed by atoms with van der Waals surface area (Å²) < 4.78 is 1.62. The van der Waals surface area contributed by atoms with Crippen LogP contribution in [-0.4, -0.2) is 25.7 Å². The van der Waals surface area contributed by atoms with Crippen molar-refractivity contribution in [2.45, 2.75) is 6.10 Å². The van der Waals surface area contributed by atoms with E-state index in [1.54, 1.807) is 42.1 Å². The molecule has 3 aromatic heterocycles. The summed E-state index contributed by atoms with van der Waals surface area (Å²) in [6.45, 7) is 0. The number of hydrogen-bond acceptors (Lipinski definition) is 5. The minimum atomic E-state index is -1.13. The molecule has 0 bridgehead atoms. The van der Waals surface area contributed by atoms with Crippen LogP contribution in [0.25, 0.3) is 22.2 Å². The maximum absolute atomic E-state index is 11.9. The smallest absolute Gasteiger partial charge is 0.338 e. The summed E-state index contributed by atoms with van der Waals surface area (Å²) in [6, 6.07) is 14.6. The van der Waals surface area contributed by atoms with Crippen molar-refractivity contribution < 1.29 is 15.0 Å². The second-order valence-corrected chi connectivity index (χ2v) is 7.21. The number of nitriles is 1. The molecule has 1 unspecified atom stereocenters. The number of pyridine rings is 1. The van der Waals surface area contributed by atoms with Crippen molar-refractivity contribution >= 4 is 28.3 Å². The van der Waals surface area contributed by atoms with E-state index in [0.717, 1.165) is 11.1 Å². The van der Waals surface area contributed by atoms with Gasteiger partial charge in [-0.1, -0.05) is 24.3 Å². The average molecular weight is 389 g/mol. The number of aliphatic hydroxyl groups excluding tert-OH is 1. The Morgan fingerprint density at radius 1 is 1.25 bits per heavy atom. The Hall–Kier alpha value is -3.47. The van der Waals surface area contributed by atoms with Gasteiger partial charge in [-0.3, -0.25) is 0 Å². The van der Waals surface area contributed by atoms with E-state index in [0.29, 0.717) is 21.5 Å². The number of aromatic nitrogens is 2. The van der Waals surface area contributed by atoms with Gasteiger partial charge in [-0.15, -0.1) is 11.3 Å². The lowest BCUT2D eigenvalue weighted by Gasteiger charge is -2.14. The van der Waals surface area contributed by atoms with Crippen molar-refractivity contribution in [1.29, 1.82) is 5.26 Å². The summed E-state index contributed by atoms with van der Waals surface area (Å²) in [4.78, 5) is 16.8. The highest BCUT2D eigenvalue weighted by Crippen LogP contribution is 2.34. The Balaban J connectivity index is 1.79. The van der Waals surface area contributed by atoms with E-state index in [9.17, 15) is 20.3 Å². The second-order valence-electron chi connectivity index (χ2n) is 6.30. The van der Waals surface area contributed by atoms with Crippen molar-refractivity contribution in [2.24, 2.45) is 7.05 Å². The zero-order valence-electron chi connectivity index (χ0n) is 14.8. The van der Waals surface area contributed by atoms with Gasteiger partial charge >= 0.3 is 5.97 Å². The van der Waals surface area contributed by atoms with Crippen LogP contribution >= 0.6 is 11.3 Å².